The third-order valence-corrected chi connectivity index (χ3v) is 9.61. The van der Waals surface area contributed by atoms with E-state index in [-0.39, 0.29) is 48.7 Å². The van der Waals surface area contributed by atoms with Crippen molar-refractivity contribution in [2.24, 2.45) is 28.8 Å². The number of amides is 1. The average Bonchev–Trinajstić information content (AvgIpc) is 3.65. The number of ether oxygens (including phenoxy) is 4. The molecule has 0 aliphatic carbocycles. The first-order valence-corrected chi connectivity index (χ1v) is 16.3. The fourth-order valence-electron chi connectivity index (χ4n) is 6.70. The van der Waals surface area contributed by atoms with Gasteiger partial charge in [-0.25, -0.2) is 5.43 Å². The molecular weight excluding hydrogens is 582 g/mol. The molecule has 0 aromatic carbocycles. The zero-order valence-corrected chi connectivity index (χ0v) is 28.3. The minimum atomic E-state index is -1.16. The van der Waals surface area contributed by atoms with E-state index in [2.05, 4.69) is 10.5 Å². The first kappa shape index (κ1) is 37.2. The van der Waals surface area contributed by atoms with Crippen molar-refractivity contribution in [1.82, 2.24) is 10.3 Å². The van der Waals surface area contributed by atoms with Crippen LogP contribution < -0.4 is 5.43 Å². The number of nitrogens with zero attached hydrogens (tertiary/aromatic N) is 2. The van der Waals surface area contributed by atoms with Gasteiger partial charge in [0, 0.05) is 36.9 Å². The van der Waals surface area contributed by atoms with E-state index in [4.69, 9.17) is 18.9 Å². The average molecular weight is 638 g/mol. The standard InChI is InChI=1S/C33H55N3O9/c1-10-27-21(5)31-33(7,45-31)13-11-25(38)18(2)15-23(12-14-34-35-22(6)37)30(20(4)26(39)17-28(40)43-27)44-32-29(41)24(36(8)9)16-19(3)42-32/h11,13-14,18-21,23-24,26-27,29-32,39,41H,10,12,15-17H2,1-9H3,(H,35,37)/b13-11?,34-14-/t18-,19+,20+,21-,23+,24+,26-,27-,29+,30-,31+,32+,33+/m1/s1. The minimum absolute atomic E-state index is 0.0883. The Balaban J connectivity index is 2.01. The van der Waals surface area contributed by atoms with Gasteiger partial charge in [0.2, 0.25) is 5.91 Å². The van der Waals surface area contributed by atoms with Crippen LogP contribution in [0.4, 0.5) is 0 Å². The van der Waals surface area contributed by atoms with Crippen molar-refractivity contribution in [2.75, 3.05) is 14.1 Å². The van der Waals surface area contributed by atoms with Crippen LogP contribution in [0.2, 0.25) is 0 Å². The summed E-state index contributed by atoms with van der Waals surface area (Å²) >= 11 is 0. The van der Waals surface area contributed by atoms with Crippen molar-refractivity contribution in [3.05, 3.63) is 12.2 Å². The smallest absolute Gasteiger partial charge is 0.308 e. The van der Waals surface area contributed by atoms with Gasteiger partial charge in [-0.2, -0.15) is 5.10 Å². The lowest BCUT2D eigenvalue weighted by Gasteiger charge is -2.44. The second-order valence-electron chi connectivity index (χ2n) is 13.7. The normalized spacial score (nSPS) is 42.0. The highest BCUT2D eigenvalue weighted by Crippen LogP contribution is 2.45. The summed E-state index contributed by atoms with van der Waals surface area (Å²) in [5.74, 6) is -2.57. The van der Waals surface area contributed by atoms with Gasteiger partial charge in [0.25, 0.3) is 0 Å². The van der Waals surface area contributed by atoms with E-state index in [0.29, 0.717) is 19.3 Å². The number of allylic oxidation sites excluding steroid dienone is 1. The number of esters is 1. The number of nitrogens with one attached hydrogen (secondary N) is 1. The molecule has 0 bridgehead atoms. The number of likely N-dealkylation sites (N-methyl/N-ethyl adjacent to an activating group) is 1. The van der Waals surface area contributed by atoms with Gasteiger partial charge in [-0.3, -0.25) is 14.4 Å². The Morgan fingerprint density at radius 2 is 1.87 bits per heavy atom. The van der Waals surface area contributed by atoms with Crippen LogP contribution in [0.15, 0.2) is 17.3 Å². The molecule has 3 heterocycles. The maximum Gasteiger partial charge on any atom is 0.308 e. The summed E-state index contributed by atoms with van der Waals surface area (Å²) in [4.78, 5) is 39.9. The lowest BCUT2D eigenvalue weighted by Crippen LogP contribution is -2.56. The molecule has 12 nitrogen and oxygen atoms in total. The van der Waals surface area contributed by atoms with E-state index < -0.39 is 60.0 Å². The van der Waals surface area contributed by atoms with Crippen LogP contribution in [0.25, 0.3) is 0 Å². The molecule has 0 radical (unpaired) electrons. The summed E-state index contributed by atoms with van der Waals surface area (Å²) in [5, 5.41) is 26.7. The number of carbonyl (C=O) groups is 3. The molecule has 3 N–H and O–H groups in total. The third-order valence-electron chi connectivity index (χ3n) is 9.61. The molecule has 45 heavy (non-hydrogen) atoms. The summed E-state index contributed by atoms with van der Waals surface area (Å²) in [6, 6.07) is -0.228. The minimum Gasteiger partial charge on any atom is -0.462 e. The second kappa shape index (κ2) is 16.1. The van der Waals surface area contributed by atoms with E-state index >= 15 is 0 Å². The second-order valence-corrected chi connectivity index (χ2v) is 13.7. The number of hydrogen-bond donors (Lipinski definition) is 3. The van der Waals surface area contributed by atoms with Crippen LogP contribution in [-0.2, 0) is 33.3 Å². The first-order valence-electron chi connectivity index (χ1n) is 16.3. The van der Waals surface area contributed by atoms with Gasteiger partial charge in [0.05, 0.1) is 30.8 Å². The van der Waals surface area contributed by atoms with Crippen molar-refractivity contribution < 1.29 is 43.5 Å². The van der Waals surface area contributed by atoms with E-state index in [0.717, 1.165) is 0 Å². The van der Waals surface area contributed by atoms with Gasteiger partial charge in [-0.05, 0) is 71.7 Å². The Hall–Kier alpha value is -2.22. The SMILES string of the molecule is CC[C@H]1OC(=O)C[C@@H](O)[C@H](C)[C@@H](O[C@@H]2O[C@@H](C)C[C@H](N(C)C)[C@@H]2O)[C@@H](C/C=N\NC(C)=O)C[C@@H](C)C(=O)C=C[C@]2(C)O[C@H]2[C@@H]1C. The Bertz CT molecular complexity index is 1080. The molecule has 12 heteroatoms. The molecule has 0 aromatic heterocycles. The summed E-state index contributed by atoms with van der Waals surface area (Å²) < 4.78 is 24.5. The molecule has 13 atom stereocenters. The van der Waals surface area contributed by atoms with Crippen molar-refractivity contribution in [3.8, 4) is 0 Å². The van der Waals surface area contributed by atoms with Crippen LogP contribution in [0.5, 0.6) is 0 Å². The summed E-state index contributed by atoms with van der Waals surface area (Å²) in [6.07, 6.45) is 1.63. The molecule has 0 aromatic rings. The number of hydrogen-bond acceptors (Lipinski definition) is 11. The number of rotatable bonds is 7. The van der Waals surface area contributed by atoms with Crippen molar-refractivity contribution >= 4 is 23.9 Å². The number of ketones is 1. The van der Waals surface area contributed by atoms with Gasteiger partial charge in [0.15, 0.2) is 12.1 Å². The van der Waals surface area contributed by atoms with E-state index in [1.165, 1.54) is 6.92 Å². The molecule has 2 fully saturated rings. The fraction of sp³-hybridized carbons (Fsp3) is 0.818. The highest BCUT2D eigenvalue weighted by atomic mass is 16.7. The van der Waals surface area contributed by atoms with Crippen molar-refractivity contribution in [3.63, 3.8) is 0 Å². The van der Waals surface area contributed by atoms with Gasteiger partial charge >= 0.3 is 5.97 Å². The largest absolute Gasteiger partial charge is 0.462 e. The van der Waals surface area contributed by atoms with E-state index in [1.807, 2.05) is 53.6 Å². The number of epoxide rings is 1. The first-order chi connectivity index (χ1) is 21.1. The predicted molar refractivity (Wildman–Crippen MR) is 168 cm³/mol. The van der Waals surface area contributed by atoms with Crippen LogP contribution in [-0.4, -0.2) is 108 Å². The fourth-order valence-corrected chi connectivity index (χ4v) is 6.70. The van der Waals surface area contributed by atoms with Crippen LogP contribution in [0.3, 0.4) is 0 Å². The monoisotopic (exact) mass is 637 g/mol. The zero-order chi connectivity index (χ0) is 33.6. The Kier molecular flexibility index (Phi) is 13.3. The lowest BCUT2D eigenvalue weighted by atomic mass is 9.79. The van der Waals surface area contributed by atoms with Crippen molar-refractivity contribution in [1.29, 1.82) is 0 Å². The maximum atomic E-state index is 13.4. The molecule has 0 spiro atoms. The molecule has 256 valence electrons. The molecule has 2 saturated heterocycles. The Morgan fingerprint density at radius 3 is 2.49 bits per heavy atom. The predicted octanol–water partition coefficient (Wildman–Crippen LogP) is 2.59. The number of hydrazone groups is 1. The summed E-state index contributed by atoms with van der Waals surface area (Å²) in [6.45, 7) is 12.7. The topological polar surface area (TPSA) is 160 Å². The number of aliphatic hydroxyl groups is 2. The highest BCUT2D eigenvalue weighted by Gasteiger charge is 2.55. The molecule has 3 rings (SSSR count). The lowest BCUT2D eigenvalue weighted by molar-refractivity contribution is -0.282. The molecular formula is C33H55N3O9. The number of aliphatic hydroxyl groups excluding tert-OH is 2. The molecule has 3 aliphatic heterocycles. The van der Waals surface area contributed by atoms with Gasteiger partial charge in [-0.1, -0.05) is 27.7 Å². The number of fused-ring (bicyclic) bond motifs is 1. The maximum absolute atomic E-state index is 13.4. The van der Waals surface area contributed by atoms with E-state index in [9.17, 15) is 24.6 Å². The number of carbonyl (C=O) groups excluding carboxylic acids is 3. The van der Waals surface area contributed by atoms with Gasteiger partial charge in [-0.15, -0.1) is 0 Å². The quantitative estimate of drug-likeness (QED) is 0.164. The Labute approximate surface area is 267 Å². The highest BCUT2D eigenvalue weighted by molar-refractivity contribution is 5.91. The summed E-state index contributed by atoms with van der Waals surface area (Å²) in [5.41, 5.74) is 1.75. The van der Waals surface area contributed by atoms with Gasteiger partial charge in [0.1, 0.15) is 17.8 Å². The molecule has 0 unspecified atom stereocenters. The van der Waals surface area contributed by atoms with Crippen molar-refractivity contribution in [2.45, 2.75) is 135 Å². The number of cyclic esters (lactones) is 1. The molecule has 3 aliphatic rings. The molecule has 0 saturated carbocycles. The Morgan fingerprint density at radius 1 is 1.18 bits per heavy atom. The van der Waals surface area contributed by atoms with Crippen LogP contribution >= 0.6 is 0 Å². The van der Waals surface area contributed by atoms with Crippen LogP contribution in [0.1, 0.15) is 80.6 Å². The van der Waals surface area contributed by atoms with Crippen LogP contribution in [0, 0.1) is 23.7 Å². The summed E-state index contributed by atoms with van der Waals surface area (Å²) in [7, 11) is 3.77. The zero-order valence-electron chi connectivity index (χ0n) is 28.3. The van der Waals surface area contributed by atoms with Gasteiger partial charge < -0.3 is 34.1 Å². The molecule has 1 amide bonds. The van der Waals surface area contributed by atoms with E-state index in [1.54, 1.807) is 25.3 Å². The third kappa shape index (κ3) is 9.89.